The number of hydrogen-bond donors (Lipinski definition) is 1. The molecule has 0 saturated heterocycles. The van der Waals surface area contributed by atoms with E-state index in [1.165, 1.54) is 22.7 Å². The van der Waals surface area contributed by atoms with Gasteiger partial charge in [0.15, 0.2) is 11.3 Å². The number of pyridine rings is 1. The Labute approximate surface area is 207 Å². The van der Waals surface area contributed by atoms with E-state index in [4.69, 9.17) is 4.74 Å². The third kappa shape index (κ3) is 5.54. The Balaban J connectivity index is 1.74. The van der Waals surface area contributed by atoms with Gasteiger partial charge >= 0.3 is 0 Å². The zero-order chi connectivity index (χ0) is 25.7. The predicted molar refractivity (Wildman–Crippen MR) is 136 cm³/mol. The highest BCUT2D eigenvalue weighted by molar-refractivity contribution is 5.94. The molecule has 1 N–H and O–H groups in total. The van der Waals surface area contributed by atoms with Crippen LogP contribution in [0.1, 0.15) is 41.8 Å². The predicted octanol–water partition coefficient (Wildman–Crippen LogP) is 4.16. The van der Waals surface area contributed by atoms with Gasteiger partial charge in [-0.25, -0.2) is 4.39 Å². The van der Waals surface area contributed by atoms with E-state index in [2.05, 4.69) is 5.32 Å². The number of amides is 1. The Morgan fingerprint density at radius 2 is 1.75 bits per heavy atom. The highest BCUT2D eigenvalue weighted by Gasteiger charge is 2.21. The molecular weight excluding hydrogens is 461 g/mol. The van der Waals surface area contributed by atoms with Gasteiger partial charge in [0.1, 0.15) is 18.0 Å². The first-order valence-electron chi connectivity index (χ1n) is 11.8. The van der Waals surface area contributed by atoms with E-state index in [0.717, 1.165) is 12.0 Å². The third-order valence-corrected chi connectivity index (χ3v) is 6.11. The summed E-state index contributed by atoms with van der Waals surface area (Å²) in [5.74, 6) is -0.900. The Kier molecular flexibility index (Phi) is 7.63. The van der Waals surface area contributed by atoms with Crippen molar-refractivity contribution in [1.82, 2.24) is 14.3 Å². The van der Waals surface area contributed by atoms with Gasteiger partial charge in [-0.2, -0.15) is 0 Å². The van der Waals surface area contributed by atoms with Crippen molar-refractivity contribution in [2.75, 3.05) is 0 Å². The number of nitrogens with zero attached hydrogens (tertiary/aromatic N) is 2. The zero-order valence-electron chi connectivity index (χ0n) is 20.2. The number of rotatable bonds is 9. The van der Waals surface area contributed by atoms with Crippen LogP contribution in [0.2, 0.25) is 0 Å². The van der Waals surface area contributed by atoms with Crippen molar-refractivity contribution in [2.45, 2.75) is 40.0 Å². The lowest BCUT2D eigenvalue weighted by Gasteiger charge is -2.16. The molecule has 0 aliphatic carbocycles. The van der Waals surface area contributed by atoms with Gasteiger partial charge in [0.05, 0.1) is 0 Å². The fraction of sp³-hybridized carbons (Fsp3) is 0.250. The molecule has 1 unspecified atom stereocenters. The summed E-state index contributed by atoms with van der Waals surface area (Å²) >= 11 is 0. The molecule has 2 heterocycles. The molecule has 2 aromatic carbocycles. The van der Waals surface area contributed by atoms with Crippen LogP contribution in [0.15, 0.2) is 82.8 Å². The van der Waals surface area contributed by atoms with Crippen molar-refractivity contribution in [1.29, 1.82) is 0 Å². The molecule has 1 amide bonds. The lowest BCUT2D eigenvalue weighted by molar-refractivity contribution is 0.0948. The van der Waals surface area contributed by atoms with E-state index >= 15 is 0 Å². The van der Waals surface area contributed by atoms with Crippen molar-refractivity contribution in [3.05, 3.63) is 116 Å². The maximum atomic E-state index is 13.4. The topological polar surface area (TPSA) is 81.8 Å². The lowest BCUT2D eigenvalue weighted by Crippen LogP contribution is -2.32. The number of benzene rings is 2. The van der Waals surface area contributed by atoms with Gasteiger partial charge in [0.2, 0.25) is 5.43 Å². The molecule has 0 fully saturated rings. The fourth-order valence-corrected chi connectivity index (χ4v) is 3.80. The first-order valence-corrected chi connectivity index (χ1v) is 11.8. The minimum atomic E-state index is -0.666. The molecule has 4 aromatic rings. The van der Waals surface area contributed by atoms with Crippen molar-refractivity contribution >= 4 is 11.4 Å². The zero-order valence-corrected chi connectivity index (χ0v) is 20.2. The van der Waals surface area contributed by atoms with Crippen LogP contribution in [-0.2, 0) is 19.7 Å². The van der Waals surface area contributed by atoms with Gasteiger partial charge in [0.25, 0.3) is 11.5 Å². The maximum Gasteiger partial charge on any atom is 0.278 e. The molecule has 8 heteroatoms. The summed E-state index contributed by atoms with van der Waals surface area (Å²) in [6.07, 6.45) is 5.54. The van der Waals surface area contributed by atoms with E-state index in [-0.39, 0.29) is 47.3 Å². The van der Waals surface area contributed by atoms with Crippen LogP contribution in [-0.4, -0.2) is 14.9 Å². The summed E-state index contributed by atoms with van der Waals surface area (Å²) in [6, 6.07) is 15.0. The SMILES string of the molecule is CCC(C)Cn1ccn2cc(C(=O)NCc3ccc(F)cc3)c(=O)c(OCc3ccccc3)c2c1=O. The standard InChI is InChI=1S/C28H28FN3O4/c1-3-19(2)16-32-14-13-31-17-23(27(34)30-15-20-9-11-22(29)12-10-20)25(33)26(24(31)28(32)35)36-18-21-7-5-4-6-8-21/h4-14,17,19H,3,15-16,18H2,1-2H3,(H,30,34). The average Bonchev–Trinajstić information content (AvgIpc) is 2.89. The highest BCUT2D eigenvalue weighted by Crippen LogP contribution is 2.16. The number of halogens is 1. The van der Waals surface area contributed by atoms with Gasteiger partial charge < -0.3 is 19.0 Å². The van der Waals surface area contributed by atoms with Crippen molar-refractivity contribution in [2.24, 2.45) is 5.92 Å². The van der Waals surface area contributed by atoms with Gasteiger partial charge in [-0.1, -0.05) is 62.7 Å². The number of aromatic nitrogens is 2. The van der Waals surface area contributed by atoms with E-state index in [1.54, 1.807) is 29.1 Å². The largest absolute Gasteiger partial charge is 0.483 e. The normalized spacial score (nSPS) is 11.9. The van der Waals surface area contributed by atoms with Crippen molar-refractivity contribution in [3.8, 4) is 5.75 Å². The van der Waals surface area contributed by atoms with Gasteiger partial charge in [-0.05, 0) is 29.2 Å². The monoisotopic (exact) mass is 489 g/mol. The van der Waals surface area contributed by atoms with Gasteiger partial charge in [-0.3, -0.25) is 14.4 Å². The molecule has 0 saturated carbocycles. The average molecular weight is 490 g/mol. The summed E-state index contributed by atoms with van der Waals surface area (Å²) in [7, 11) is 0. The van der Waals surface area contributed by atoms with Crippen LogP contribution in [0, 0.1) is 11.7 Å². The molecule has 0 radical (unpaired) electrons. The molecule has 0 aliphatic heterocycles. The number of nitrogens with one attached hydrogen (secondary N) is 1. The van der Waals surface area contributed by atoms with E-state index in [9.17, 15) is 18.8 Å². The van der Waals surface area contributed by atoms with Crippen LogP contribution in [0.3, 0.4) is 0 Å². The number of carbonyl (C=O) groups excluding carboxylic acids is 1. The van der Waals surface area contributed by atoms with Crippen LogP contribution >= 0.6 is 0 Å². The van der Waals surface area contributed by atoms with Gasteiger partial charge in [0, 0.05) is 31.7 Å². The summed E-state index contributed by atoms with van der Waals surface area (Å²) in [5.41, 5.74) is 0.391. The summed E-state index contributed by atoms with van der Waals surface area (Å²) < 4.78 is 22.1. The van der Waals surface area contributed by atoms with Crippen molar-refractivity contribution < 1.29 is 13.9 Å². The van der Waals surface area contributed by atoms with E-state index in [0.29, 0.717) is 12.1 Å². The van der Waals surface area contributed by atoms with Gasteiger partial charge in [-0.15, -0.1) is 0 Å². The highest BCUT2D eigenvalue weighted by atomic mass is 19.1. The minimum Gasteiger partial charge on any atom is -0.483 e. The smallest absolute Gasteiger partial charge is 0.278 e. The molecule has 0 bridgehead atoms. The molecule has 0 spiro atoms. The quantitative estimate of drug-likeness (QED) is 0.383. The molecule has 0 aliphatic rings. The lowest BCUT2D eigenvalue weighted by atomic mass is 10.1. The summed E-state index contributed by atoms with van der Waals surface area (Å²) in [4.78, 5) is 39.8. The molecule has 1 atom stereocenters. The third-order valence-electron chi connectivity index (χ3n) is 6.11. The first kappa shape index (κ1) is 24.9. The number of fused-ring (bicyclic) bond motifs is 1. The van der Waals surface area contributed by atoms with Crippen LogP contribution < -0.4 is 21.0 Å². The number of ether oxygens (including phenoxy) is 1. The Morgan fingerprint density at radius 3 is 2.44 bits per heavy atom. The molecule has 2 aromatic heterocycles. The Hall–Kier alpha value is -4.20. The molecular formula is C28H28FN3O4. The van der Waals surface area contributed by atoms with Crippen LogP contribution in [0.4, 0.5) is 4.39 Å². The summed E-state index contributed by atoms with van der Waals surface area (Å²) in [5, 5.41) is 2.69. The maximum absolute atomic E-state index is 13.4. The van der Waals surface area contributed by atoms with E-state index in [1.807, 2.05) is 44.2 Å². The molecule has 186 valence electrons. The van der Waals surface area contributed by atoms with E-state index < -0.39 is 11.3 Å². The molecule has 4 rings (SSSR count). The Morgan fingerprint density at radius 1 is 1.03 bits per heavy atom. The second-order valence-corrected chi connectivity index (χ2v) is 8.81. The second-order valence-electron chi connectivity index (χ2n) is 8.81. The fourth-order valence-electron chi connectivity index (χ4n) is 3.80. The van der Waals surface area contributed by atoms with Crippen LogP contribution in [0.25, 0.3) is 5.52 Å². The van der Waals surface area contributed by atoms with Crippen molar-refractivity contribution in [3.63, 3.8) is 0 Å². The molecule has 7 nitrogen and oxygen atoms in total. The Bertz CT molecular complexity index is 1480. The van der Waals surface area contributed by atoms with Crippen LogP contribution in [0.5, 0.6) is 5.75 Å². The number of carbonyl (C=O) groups is 1. The second kappa shape index (κ2) is 11.0. The summed E-state index contributed by atoms with van der Waals surface area (Å²) in [6.45, 7) is 4.76. The minimum absolute atomic E-state index is 0.0616. The number of hydrogen-bond acceptors (Lipinski definition) is 4. The first-order chi connectivity index (χ1) is 17.4. The molecule has 36 heavy (non-hydrogen) atoms.